The van der Waals surface area contributed by atoms with Gasteiger partial charge in [-0.05, 0) is 6.92 Å². The highest BCUT2D eigenvalue weighted by Gasteiger charge is 2.22. The normalized spacial score (nSPS) is 11.4. The topological polar surface area (TPSA) is 113 Å². The summed E-state index contributed by atoms with van der Waals surface area (Å²) in [6.07, 6.45) is 0. The van der Waals surface area contributed by atoms with Crippen molar-refractivity contribution in [2.45, 2.75) is 11.8 Å². The second-order valence-electron chi connectivity index (χ2n) is 2.98. The third-order valence-electron chi connectivity index (χ3n) is 1.78. The molecule has 0 unspecified atom stereocenters. The quantitative estimate of drug-likeness (QED) is 0.526. The van der Waals surface area contributed by atoms with Crippen molar-refractivity contribution in [3.05, 3.63) is 15.8 Å². The highest BCUT2D eigenvalue weighted by Crippen LogP contribution is 2.26. The zero-order valence-electron chi connectivity index (χ0n) is 8.56. The van der Waals surface area contributed by atoms with Crippen LogP contribution >= 0.6 is 11.3 Å². The Kier molecular flexibility index (Phi) is 4.03. The van der Waals surface area contributed by atoms with Gasteiger partial charge in [0.1, 0.15) is 11.5 Å². The average Bonchev–Trinajstić information content (AvgIpc) is 2.56. The molecular weight excluding hydrogens is 252 g/mol. The van der Waals surface area contributed by atoms with Gasteiger partial charge in [0.05, 0.1) is 12.2 Å². The molecule has 0 saturated heterocycles. The predicted octanol–water partition coefficient (Wildman–Crippen LogP) is 0.0382. The number of aliphatic hydroxyl groups excluding tert-OH is 1. The molecule has 0 radical (unpaired) electrons. The second-order valence-corrected chi connectivity index (χ2v) is 5.56. The second kappa shape index (κ2) is 4.91. The van der Waals surface area contributed by atoms with E-state index in [9.17, 15) is 8.42 Å². The number of hydrogen-bond donors (Lipinski definition) is 3. The molecular formula is C8H12N2O4S2. The van der Waals surface area contributed by atoms with E-state index in [0.29, 0.717) is 4.88 Å². The number of primary sulfonamides is 1. The summed E-state index contributed by atoms with van der Waals surface area (Å²) >= 11 is 1.18. The van der Waals surface area contributed by atoms with Crippen molar-refractivity contribution in [3.8, 4) is 0 Å². The number of thiophene rings is 1. The molecule has 0 aliphatic rings. The van der Waals surface area contributed by atoms with Crippen LogP contribution in [-0.4, -0.2) is 32.6 Å². The molecule has 90 valence electrons. The molecule has 0 aliphatic carbocycles. The van der Waals surface area contributed by atoms with Crippen LogP contribution in [0, 0.1) is 12.3 Å². The van der Waals surface area contributed by atoms with Crippen molar-refractivity contribution >= 4 is 27.3 Å². The molecule has 0 aliphatic heterocycles. The smallest absolute Gasteiger partial charge is 0.239 e. The van der Waals surface area contributed by atoms with Crippen molar-refractivity contribution in [2.75, 3.05) is 13.2 Å². The van der Waals surface area contributed by atoms with Gasteiger partial charge in [-0.3, -0.25) is 5.41 Å². The van der Waals surface area contributed by atoms with E-state index in [0.717, 1.165) is 0 Å². The van der Waals surface area contributed by atoms with Crippen LogP contribution in [0.2, 0.25) is 0 Å². The Balaban J connectivity index is 3.11. The lowest BCUT2D eigenvalue weighted by Crippen LogP contribution is -2.18. The molecule has 0 bridgehead atoms. The number of sulfonamides is 1. The van der Waals surface area contributed by atoms with E-state index >= 15 is 0 Å². The van der Waals surface area contributed by atoms with E-state index in [2.05, 4.69) is 0 Å². The number of nitrogens with one attached hydrogen (secondary N) is 1. The Labute approximate surface area is 97.2 Å². The molecule has 16 heavy (non-hydrogen) atoms. The molecule has 4 N–H and O–H groups in total. The van der Waals surface area contributed by atoms with Crippen molar-refractivity contribution in [1.29, 1.82) is 5.41 Å². The van der Waals surface area contributed by atoms with Gasteiger partial charge >= 0.3 is 0 Å². The Hall–Kier alpha value is -0.960. The molecule has 0 saturated carbocycles. The summed E-state index contributed by atoms with van der Waals surface area (Å²) in [5, 5.41) is 22.6. The highest BCUT2D eigenvalue weighted by molar-refractivity contribution is 7.89. The Morgan fingerprint density at radius 2 is 2.31 bits per heavy atom. The number of nitrogens with two attached hydrogens (primary N) is 1. The van der Waals surface area contributed by atoms with E-state index in [1.165, 1.54) is 16.7 Å². The molecule has 8 heteroatoms. The standard InChI is InChI=1S/C8H12N2O4S2/c1-5-7(16(10,12)13)6(4-15-5)8(9)14-3-2-11/h4,9,11H,2-3H2,1H3,(H2,10,12,13). The minimum absolute atomic E-state index is 0.0578. The summed E-state index contributed by atoms with van der Waals surface area (Å²) in [5.74, 6) is -0.303. The lowest BCUT2D eigenvalue weighted by Gasteiger charge is -2.06. The zero-order valence-corrected chi connectivity index (χ0v) is 10.2. The summed E-state index contributed by atoms with van der Waals surface area (Å²) in [6.45, 7) is 1.31. The van der Waals surface area contributed by atoms with E-state index < -0.39 is 10.0 Å². The van der Waals surface area contributed by atoms with Crippen molar-refractivity contribution in [3.63, 3.8) is 0 Å². The molecule has 0 atom stereocenters. The van der Waals surface area contributed by atoms with Gasteiger partial charge in [0.25, 0.3) is 0 Å². The number of aliphatic hydroxyl groups is 1. The minimum Gasteiger partial charge on any atom is -0.475 e. The molecule has 1 aromatic heterocycles. The van der Waals surface area contributed by atoms with Gasteiger partial charge in [-0.2, -0.15) is 0 Å². The van der Waals surface area contributed by atoms with Crippen molar-refractivity contribution < 1.29 is 18.3 Å². The zero-order chi connectivity index (χ0) is 12.3. The molecule has 6 nitrogen and oxygen atoms in total. The van der Waals surface area contributed by atoms with Crippen LogP contribution in [0.3, 0.4) is 0 Å². The maximum atomic E-state index is 11.3. The van der Waals surface area contributed by atoms with Crippen LogP contribution in [0.5, 0.6) is 0 Å². The van der Waals surface area contributed by atoms with Crippen LogP contribution in [-0.2, 0) is 14.8 Å². The van der Waals surface area contributed by atoms with Crippen LogP contribution in [0.4, 0.5) is 0 Å². The molecule has 0 fully saturated rings. The first kappa shape index (κ1) is 13.1. The average molecular weight is 264 g/mol. The third kappa shape index (κ3) is 2.79. The molecule has 1 rings (SSSR count). The number of aryl methyl sites for hydroxylation is 1. The van der Waals surface area contributed by atoms with Crippen LogP contribution in [0.15, 0.2) is 10.3 Å². The van der Waals surface area contributed by atoms with Crippen LogP contribution < -0.4 is 5.14 Å². The van der Waals surface area contributed by atoms with E-state index in [-0.39, 0.29) is 29.6 Å². The summed E-state index contributed by atoms with van der Waals surface area (Å²) in [5.41, 5.74) is 0.137. The Morgan fingerprint density at radius 1 is 1.69 bits per heavy atom. The monoisotopic (exact) mass is 264 g/mol. The maximum Gasteiger partial charge on any atom is 0.239 e. The summed E-state index contributed by atoms with van der Waals surface area (Å²) in [4.78, 5) is 0.426. The molecule has 0 spiro atoms. The van der Waals surface area contributed by atoms with E-state index in [1.807, 2.05) is 0 Å². The Morgan fingerprint density at radius 3 is 2.81 bits per heavy atom. The largest absolute Gasteiger partial charge is 0.475 e. The van der Waals surface area contributed by atoms with Gasteiger partial charge in [-0.25, -0.2) is 13.6 Å². The fourth-order valence-corrected chi connectivity index (χ4v) is 3.34. The van der Waals surface area contributed by atoms with Gasteiger partial charge in [-0.1, -0.05) is 0 Å². The maximum absolute atomic E-state index is 11.3. The molecule has 1 heterocycles. The molecule has 0 aromatic carbocycles. The minimum atomic E-state index is -3.86. The fraction of sp³-hybridized carbons (Fsp3) is 0.375. The first-order chi connectivity index (χ1) is 7.38. The first-order valence-electron chi connectivity index (χ1n) is 4.31. The number of hydrogen-bond acceptors (Lipinski definition) is 6. The van der Waals surface area contributed by atoms with Crippen LogP contribution in [0.1, 0.15) is 10.4 Å². The third-order valence-corrected chi connectivity index (χ3v) is 3.92. The van der Waals surface area contributed by atoms with Gasteiger partial charge in [0.2, 0.25) is 15.9 Å². The summed E-state index contributed by atoms with van der Waals surface area (Å²) < 4.78 is 27.4. The van der Waals surface area contributed by atoms with Gasteiger partial charge < -0.3 is 9.84 Å². The molecule has 0 amide bonds. The summed E-state index contributed by atoms with van der Waals surface area (Å²) in [7, 11) is -3.86. The number of rotatable bonds is 4. The fourth-order valence-electron chi connectivity index (χ4n) is 1.18. The van der Waals surface area contributed by atoms with Gasteiger partial charge in [-0.15, -0.1) is 11.3 Å². The van der Waals surface area contributed by atoms with Gasteiger partial charge in [0.15, 0.2) is 0 Å². The van der Waals surface area contributed by atoms with Gasteiger partial charge in [0, 0.05) is 10.3 Å². The van der Waals surface area contributed by atoms with Crippen molar-refractivity contribution in [1.82, 2.24) is 0 Å². The Bertz CT molecular complexity index is 492. The van der Waals surface area contributed by atoms with E-state index in [1.54, 1.807) is 6.92 Å². The van der Waals surface area contributed by atoms with E-state index in [4.69, 9.17) is 20.4 Å². The van der Waals surface area contributed by atoms with Crippen molar-refractivity contribution in [2.24, 2.45) is 5.14 Å². The number of ether oxygens (including phenoxy) is 1. The lowest BCUT2D eigenvalue weighted by molar-refractivity contribution is 0.193. The first-order valence-corrected chi connectivity index (χ1v) is 6.74. The molecule has 1 aromatic rings. The predicted molar refractivity (Wildman–Crippen MR) is 60.3 cm³/mol. The highest BCUT2D eigenvalue weighted by atomic mass is 32.2. The SMILES string of the molecule is Cc1scc(C(=N)OCCO)c1S(N)(=O)=O. The lowest BCUT2D eigenvalue weighted by atomic mass is 10.3. The summed E-state index contributed by atoms with van der Waals surface area (Å²) in [6, 6.07) is 0. The van der Waals surface area contributed by atoms with Crippen LogP contribution in [0.25, 0.3) is 0 Å².